The first kappa shape index (κ1) is 17.2. The minimum absolute atomic E-state index is 0.00511. The Morgan fingerprint density at radius 2 is 2.20 bits per heavy atom. The zero-order valence-electron chi connectivity index (χ0n) is 13.9. The fourth-order valence-electron chi connectivity index (χ4n) is 3.76. The van der Waals surface area contributed by atoms with Crippen LogP contribution in [0.3, 0.4) is 0 Å². The monoisotopic (exact) mass is 347 g/mol. The van der Waals surface area contributed by atoms with Gasteiger partial charge in [-0.2, -0.15) is 0 Å². The van der Waals surface area contributed by atoms with Crippen molar-refractivity contribution in [2.45, 2.75) is 31.3 Å². The highest BCUT2D eigenvalue weighted by Crippen LogP contribution is 2.37. The lowest BCUT2D eigenvalue weighted by Crippen LogP contribution is -2.52. The number of nitro groups is 1. The van der Waals surface area contributed by atoms with Crippen LogP contribution in [0.5, 0.6) is 0 Å². The molecule has 1 aliphatic heterocycles. The Labute approximate surface area is 144 Å². The quantitative estimate of drug-likeness (QED) is 0.347. The standard InChI is InChI=1S/C16H21N5O4/c1-17-12-5-4-10(7-13(12)21(24)25)8-18-9-11-3-2-6-16(11)14(22)19-15(23)20-16/h4-5,7,11,17-18H,2-3,6,8-9H2,1H3,(H2,19,20,22,23)/t11-,16-/m0/s1. The molecule has 1 heterocycles. The van der Waals surface area contributed by atoms with Gasteiger partial charge >= 0.3 is 6.03 Å². The van der Waals surface area contributed by atoms with Gasteiger partial charge in [0.25, 0.3) is 11.6 Å². The third-order valence-corrected chi connectivity index (χ3v) is 5.04. The van der Waals surface area contributed by atoms with Gasteiger partial charge < -0.3 is 16.0 Å². The Kier molecular flexibility index (Phi) is 4.58. The minimum Gasteiger partial charge on any atom is -0.383 e. The Morgan fingerprint density at radius 1 is 1.40 bits per heavy atom. The van der Waals surface area contributed by atoms with Crippen LogP contribution in [0.2, 0.25) is 0 Å². The number of nitro benzene ring substituents is 1. The van der Waals surface area contributed by atoms with E-state index in [9.17, 15) is 19.7 Å². The van der Waals surface area contributed by atoms with Crippen LogP contribution in [-0.4, -0.2) is 36.0 Å². The Hall–Kier alpha value is -2.68. The van der Waals surface area contributed by atoms with Gasteiger partial charge in [-0.3, -0.25) is 20.2 Å². The molecule has 0 radical (unpaired) electrons. The number of benzene rings is 1. The SMILES string of the molecule is CNc1ccc(CNC[C@@H]2CCC[C@]23NC(=O)NC3=O)cc1[N+](=O)[O-]. The lowest BCUT2D eigenvalue weighted by atomic mass is 9.87. The number of imide groups is 1. The molecule has 4 N–H and O–H groups in total. The molecule has 1 aromatic rings. The summed E-state index contributed by atoms with van der Waals surface area (Å²) < 4.78 is 0. The van der Waals surface area contributed by atoms with E-state index in [4.69, 9.17) is 0 Å². The van der Waals surface area contributed by atoms with Gasteiger partial charge in [-0.1, -0.05) is 12.5 Å². The van der Waals surface area contributed by atoms with Crippen LogP contribution in [0.1, 0.15) is 24.8 Å². The van der Waals surface area contributed by atoms with Gasteiger partial charge in [-0.25, -0.2) is 4.79 Å². The van der Waals surface area contributed by atoms with Crippen molar-refractivity contribution in [2.75, 3.05) is 18.9 Å². The van der Waals surface area contributed by atoms with E-state index in [-0.39, 0.29) is 17.5 Å². The third kappa shape index (κ3) is 3.14. The van der Waals surface area contributed by atoms with Crippen molar-refractivity contribution in [3.63, 3.8) is 0 Å². The van der Waals surface area contributed by atoms with Crippen LogP contribution in [0, 0.1) is 16.0 Å². The number of nitrogens with one attached hydrogen (secondary N) is 4. The number of rotatable bonds is 6. The van der Waals surface area contributed by atoms with E-state index in [2.05, 4.69) is 21.3 Å². The predicted octanol–water partition coefficient (Wildman–Crippen LogP) is 1.10. The summed E-state index contributed by atoms with van der Waals surface area (Å²) in [4.78, 5) is 34.3. The van der Waals surface area contributed by atoms with Gasteiger partial charge in [-0.15, -0.1) is 0 Å². The van der Waals surface area contributed by atoms with E-state index in [0.717, 1.165) is 18.4 Å². The van der Waals surface area contributed by atoms with E-state index in [0.29, 0.717) is 25.2 Å². The average Bonchev–Trinajstić information content (AvgIpc) is 3.11. The number of urea groups is 1. The molecule has 2 atom stereocenters. The zero-order valence-corrected chi connectivity index (χ0v) is 13.9. The number of nitrogens with zero attached hydrogens (tertiary/aromatic N) is 1. The van der Waals surface area contributed by atoms with Crippen molar-refractivity contribution in [3.05, 3.63) is 33.9 Å². The molecule has 0 bridgehead atoms. The van der Waals surface area contributed by atoms with E-state index in [1.807, 2.05) is 6.07 Å². The topological polar surface area (TPSA) is 125 Å². The Bertz CT molecular complexity index is 722. The molecular weight excluding hydrogens is 326 g/mol. The van der Waals surface area contributed by atoms with E-state index < -0.39 is 16.5 Å². The molecule has 25 heavy (non-hydrogen) atoms. The van der Waals surface area contributed by atoms with Crippen LogP contribution < -0.4 is 21.3 Å². The summed E-state index contributed by atoms with van der Waals surface area (Å²) in [5.41, 5.74) is 0.472. The highest BCUT2D eigenvalue weighted by Gasteiger charge is 2.53. The minimum atomic E-state index is -0.813. The normalized spacial score (nSPS) is 25.1. The summed E-state index contributed by atoms with van der Waals surface area (Å²) in [5.74, 6) is -0.249. The first-order chi connectivity index (χ1) is 12.0. The maximum Gasteiger partial charge on any atom is 0.322 e. The number of amides is 3. The molecule has 0 aromatic heterocycles. The maximum atomic E-state index is 12.1. The van der Waals surface area contributed by atoms with Crippen LogP contribution in [-0.2, 0) is 11.3 Å². The van der Waals surface area contributed by atoms with Gasteiger partial charge in [0.1, 0.15) is 11.2 Å². The van der Waals surface area contributed by atoms with Gasteiger partial charge in [0.05, 0.1) is 4.92 Å². The summed E-state index contributed by atoms with van der Waals surface area (Å²) in [7, 11) is 1.64. The van der Waals surface area contributed by atoms with Crippen molar-refractivity contribution in [3.8, 4) is 0 Å². The molecule has 9 nitrogen and oxygen atoms in total. The zero-order chi connectivity index (χ0) is 18.0. The lowest BCUT2D eigenvalue weighted by Gasteiger charge is -2.28. The number of hydrogen-bond acceptors (Lipinski definition) is 6. The van der Waals surface area contributed by atoms with E-state index in [1.54, 1.807) is 13.1 Å². The fourth-order valence-corrected chi connectivity index (χ4v) is 3.76. The molecule has 2 aliphatic rings. The second-order valence-corrected chi connectivity index (χ2v) is 6.46. The molecular formula is C16H21N5O4. The molecule has 3 amide bonds. The third-order valence-electron chi connectivity index (χ3n) is 5.04. The first-order valence-corrected chi connectivity index (χ1v) is 8.25. The second-order valence-electron chi connectivity index (χ2n) is 6.46. The summed E-state index contributed by atoms with van der Waals surface area (Å²) in [6, 6.07) is 4.60. The number of anilines is 1. The summed E-state index contributed by atoms with van der Waals surface area (Å²) >= 11 is 0. The molecule has 1 saturated carbocycles. The average molecular weight is 347 g/mol. The largest absolute Gasteiger partial charge is 0.383 e. The molecule has 1 aliphatic carbocycles. The fraction of sp³-hybridized carbons (Fsp3) is 0.500. The van der Waals surface area contributed by atoms with Crippen molar-refractivity contribution in [2.24, 2.45) is 5.92 Å². The Balaban J connectivity index is 1.63. The van der Waals surface area contributed by atoms with Crippen molar-refractivity contribution in [1.82, 2.24) is 16.0 Å². The lowest BCUT2D eigenvalue weighted by molar-refractivity contribution is -0.384. The molecule has 1 aromatic carbocycles. The van der Waals surface area contributed by atoms with Crippen LogP contribution in [0.15, 0.2) is 18.2 Å². The highest BCUT2D eigenvalue weighted by atomic mass is 16.6. The molecule has 9 heteroatoms. The number of carbonyl (C=O) groups excluding carboxylic acids is 2. The predicted molar refractivity (Wildman–Crippen MR) is 91.1 cm³/mol. The molecule has 1 spiro atoms. The maximum absolute atomic E-state index is 12.1. The molecule has 0 unspecified atom stereocenters. The van der Waals surface area contributed by atoms with Crippen LogP contribution in [0.25, 0.3) is 0 Å². The summed E-state index contributed by atoms with van der Waals surface area (Å²) in [5, 5.41) is 22.3. The Morgan fingerprint density at radius 3 is 2.84 bits per heavy atom. The van der Waals surface area contributed by atoms with E-state index in [1.165, 1.54) is 6.07 Å². The number of carbonyl (C=O) groups is 2. The smallest absolute Gasteiger partial charge is 0.322 e. The highest BCUT2D eigenvalue weighted by molar-refractivity contribution is 6.07. The van der Waals surface area contributed by atoms with Crippen LogP contribution in [0.4, 0.5) is 16.2 Å². The van der Waals surface area contributed by atoms with Crippen molar-refractivity contribution >= 4 is 23.3 Å². The van der Waals surface area contributed by atoms with Crippen molar-refractivity contribution < 1.29 is 14.5 Å². The van der Waals surface area contributed by atoms with E-state index >= 15 is 0 Å². The van der Waals surface area contributed by atoms with Crippen LogP contribution >= 0.6 is 0 Å². The van der Waals surface area contributed by atoms with Crippen molar-refractivity contribution in [1.29, 1.82) is 0 Å². The first-order valence-electron chi connectivity index (χ1n) is 8.25. The summed E-state index contributed by atoms with van der Waals surface area (Å²) in [6.07, 6.45) is 2.36. The molecule has 1 saturated heterocycles. The van der Waals surface area contributed by atoms with Gasteiger partial charge in [0, 0.05) is 32.1 Å². The molecule has 3 rings (SSSR count). The van der Waals surface area contributed by atoms with Gasteiger partial charge in [0.2, 0.25) is 0 Å². The second kappa shape index (κ2) is 6.67. The number of hydrogen-bond donors (Lipinski definition) is 4. The molecule has 2 fully saturated rings. The summed E-state index contributed by atoms with van der Waals surface area (Å²) in [6.45, 7) is 1.00. The van der Waals surface area contributed by atoms with Gasteiger partial charge in [0.15, 0.2) is 0 Å². The molecule has 134 valence electrons. The van der Waals surface area contributed by atoms with Gasteiger partial charge in [-0.05, 0) is 24.5 Å².